The van der Waals surface area contributed by atoms with Crippen molar-refractivity contribution in [2.45, 2.75) is 32.7 Å². The van der Waals surface area contributed by atoms with Crippen molar-refractivity contribution in [3.05, 3.63) is 59.5 Å². The van der Waals surface area contributed by atoms with Gasteiger partial charge in [-0.15, -0.1) is 0 Å². The van der Waals surface area contributed by atoms with Crippen molar-refractivity contribution < 1.29 is 9.13 Å². The van der Waals surface area contributed by atoms with Crippen LogP contribution in [0.15, 0.2) is 42.6 Å². The molecule has 29 heavy (non-hydrogen) atoms. The molecule has 3 aromatic rings. The van der Waals surface area contributed by atoms with Crippen LogP contribution in [0.5, 0.6) is 5.75 Å². The minimum Gasteiger partial charge on any atom is -0.493 e. The molecule has 4 nitrogen and oxygen atoms in total. The fraction of sp³-hybridized carbons (Fsp3) is 0.458. The van der Waals surface area contributed by atoms with Crippen LogP contribution < -0.4 is 4.74 Å². The van der Waals surface area contributed by atoms with Crippen molar-refractivity contribution in [2.24, 2.45) is 18.4 Å². The molecule has 2 heterocycles. The first kappa shape index (κ1) is 18.6. The number of benzene rings is 2. The highest BCUT2D eigenvalue weighted by molar-refractivity contribution is 5.79. The molecule has 1 aliphatic carbocycles. The maximum absolute atomic E-state index is 13.9. The summed E-state index contributed by atoms with van der Waals surface area (Å²) in [6.45, 7) is 5.59. The SMILES string of the molecule is Cc1ccc(OCC23CCCC2CN(Cc2ccc4c(cnn4C)c2)C3)cc1F. The van der Waals surface area contributed by atoms with Crippen LogP contribution in [0.1, 0.15) is 30.4 Å². The number of rotatable bonds is 5. The van der Waals surface area contributed by atoms with E-state index in [-0.39, 0.29) is 11.2 Å². The molecule has 5 rings (SSSR count). The van der Waals surface area contributed by atoms with Gasteiger partial charge in [-0.2, -0.15) is 5.10 Å². The Morgan fingerprint density at radius 2 is 2.14 bits per heavy atom. The summed E-state index contributed by atoms with van der Waals surface area (Å²) in [6, 6.07) is 11.8. The highest BCUT2D eigenvalue weighted by Gasteiger charge is 2.49. The van der Waals surface area contributed by atoms with Crippen LogP contribution in [0.2, 0.25) is 0 Å². The maximum atomic E-state index is 13.9. The van der Waals surface area contributed by atoms with E-state index < -0.39 is 0 Å². The van der Waals surface area contributed by atoms with Crippen molar-refractivity contribution >= 4 is 10.9 Å². The van der Waals surface area contributed by atoms with Crippen LogP contribution in [0, 0.1) is 24.1 Å². The van der Waals surface area contributed by atoms with Crippen LogP contribution in [0.3, 0.4) is 0 Å². The van der Waals surface area contributed by atoms with Gasteiger partial charge in [-0.25, -0.2) is 4.39 Å². The Morgan fingerprint density at radius 3 is 3.00 bits per heavy atom. The number of ether oxygens (including phenoxy) is 1. The Balaban J connectivity index is 1.28. The van der Waals surface area contributed by atoms with Crippen LogP contribution in [-0.2, 0) is 13.6 Å². The maximum Gasteiger partial charge on any atom is 0.129 e. The fourth-order valence-electron chi connectivity index (χ4n) is 5.34. The van der Waals surface area contributed by atoms with E-state index in [1.165, 1.54) is 41.8 Å². The molecule has 1 aliphatic heterocycles. The zero-order chi connectivity index (χ0) is 20.0. The number of aryl methyl sites for hydroxylation is 2. The second-order valence-electron chi connectivity index (χ2n) is 8.98. The number of halogens is 1. The van der Waals surface area contributed by atoms with Gasteiger partial charge in [-0.05, 0) is 55.0 Å². The number of nitrogens with zero attached hydrogens (tertiary/aromatic N) is 3. The van der Waals surface area contributed by atoms with E-state index in [9.17, 15) is 4.39 Å². The minimum absolute atomic E-state index is 0.193. The van der Waals surface area contributed by atoms with Gasteiger partial charge in [0.05, 0.1) is 18.3 Å². The molecule has 2 unspecified atom stereocenters. The van der Waals surface area contributed by atoms with E-state index in [0.29, 0.717) is 23.8 Å². The number of fused-ring (bicyclic) bond motifs is 2. The van der Waals surface area contributed by atoms with Gasteiger partial charge in [-0.3, -0.25) is 9.58 Å². The van der Waals surface area contributed by atoms with Crippen molar-refractivity contribution in [2.75, 3.05) is 19.7 Å². The predicted molar refractivity (Wildman–Crippen MR) is 112 cm³/mol. The molecule has 2 aliphatic rings. The molecule has 2 atom stereocenters. The third kappa shape index (κ3) is 3.42. The Morgan fingerprint density at radius 1 is 1.24 bits per heavy atom. The second-order valence-corrected chi connectivity index (χ2v) is 8.98. The Hall–Kier alpha value is -2.40. The van der Waals surface area contributed by atoms with E-state index >= 15 is 0 Å². The van der Waals surface area contributed by atoms with Gasteiger partial charge in [0, 0.05) is 43.5 Å². The lowest BCUT2D eigenvalue weighted by Gasteiger charge is -2.29. The van der Waals surface area contributed by atoms with Gasteiger partial charge in [0.1, 0.15) is 11.6 Å². The monoisotopic (exact) mass is 393 g/mol. The van der Waals surface area contributed by atoms with E-state index in [1.807, 2.05) is 24.0 Å². The van der Waals surface area contributed by atoms with Gasteiger partial charge in [0.15, 0.2) is 0 Å². The quantitative estimate of drug-likeness (QED) is 0.629. The summed E-state index contributed by atoms with van der Waals surface area (Å²) < 4.78 is 21.9. The average molecular weight is 394 g/mol. The van der Waals surface area contributed by atoms with E-state index in [0.717, 1.165) is 19.6 Å². The molecule has 5 heteroatoms. The lowest BCUT2D eigenvalue weighted by molar-refractivity contribution is 0.127. The number of hydrogen-bond donors (Lipinski definition) is 0. The molecular weight excluding hydrogens is 365 g/mol. The Kier molecular flexibility index (Phi) is 4.58. The molecular formula is C24H28FN3O. The highest BCUT2D eigenvalue weighted by atomic mass is 19.1. The molecule has 0 radical (unpaired) electrons. The summed E-state index contributed by atoms with van der Waals surface area (Å²) in [6.07, 6.45) is 5.67. The normalized spacial score (nSPS) is 24.3. The van der Waals surface area contributed by atoms with Crippen molar-refractivity contribution in [3.8, 4) is 5.75 Å². The van der Waals surface area contributed by atoms with Crippen molar-refractivity contribution in [3.63, 3.8) is 0 Å². The lowest BCUT2D eigenvalue weighted by atomic mass is 9.81. The second kappa shape index (κ2) is 7.13. The lowest BCUT2D eigenvalue weighted by Crippen LogP contribution is -2.33. The zero-order valence-electron chi connectivity index (χ0n) is 17.2. The van der Waals surface area contributed by atoms with Gasteiger partial charge in [0.25, 0.3) is 0 Å². The molecule has 1 saturated heterocycles. The van der Waals surface area contributed by atoms with Crippen LogP contribution in [-0.4, -0.2) is 34.4 Å². The molecule has 1 aromatic heterocycles. The molecule has 2 aromatic carbocycles. The summed E-state index contributed by atoms with van der Waals surface area (Å²) in [5.41, 5.74) is 3.36. The molecule has 0 bridgehead atoms. The first-order valence-corrected chi connectivity index (χ1v) is 10.5. The molecule has 1 saturated carbocycles. The Bertz CT molecular complexity index is 1050. The van der Waals surface area contributed by atoms with Gasteiger partial charge in [-0.1, -0.05) is 18.6 Å². The van der Waals surface area contributed by atoms with Gasteiger partial charge in [0.2, 0.25) is 0 Å². The number of hydrogen-bond acceptors (Lipinski definition) is 3. The van der Waals surface area contributed by atoms with Crippen LogP contribution >= 0.6 is 0 Å². The largest absolute Gasteiger partial charge is 0.493 e. The van der Waals surface area contributed by atoms with E-state index in [1.54, 1.807) is 13.0 Å². The van der Waals surface area contributed by atoms with E-state index in [2.05, 4.69) is 28.2 Å². The van der Waals surface area contributed by atoms with Crippen molar-refractivity contribution in [1.82, 2.24) is 14.7 Å². The number of likely N-dealkylation sites (tertiary alicyclic amines) is 1. The van der Waals surface area contributed by atoms with E-state index in [4.69, 9.17) is 4.74 Å². The minimum atomic E-state index is -0.193. The van der Waals surface area contributed by atoms with Crippen LogP contribution in [0.4, 0.5) is 4.39 Å². The summed E-state index contributed by atoms with van der Waals surface area (Å²) >= 11 is 0. The first-order valence-electron chi connectivity index (χ1n) is 10.5. The highest BCUT2D eigenvalue weighted by Crippen LogP contribution is 2.49. The average Bonchev–Trinajstić information content (AvgIpc) is 3.35. The third-order valence-corrected chi connectivity index (χ3v) is 7.00. The summed E-state index contributed by atoms with van der Waals surface area (Å²) in [5, 5.41) is 5.55. The molecule has 0 spiro atoms. The summed E-state index contributed by atoms with van der Waals surface area (Å²) in [4.78, 5) is 2.57. The topological polar surface area (TPSA) is 30.3 Å². The molecule has 0 amide bonds. The van der Waals surface area contributed by atoms with Crippen molar-refractivity contribution in [1.29, 1.82) is 0 Å². The molecule has 0 N–H and O–H groups in total. The number of aromatic nitrogens is 2. The first-order chi connectivity index (χ1) is 14.0. The zero-order valence-corrected chi connectivity index (χ0v) is 17.2. The van der Waals surface area contributed by atoms with Crippen LogP contribution in [0.25, 0.3) is 10.9 Å². The van der Waals surface area contributed by atoms with Gasteiger partial charge >= 0.3 is 0 Å². The predicted octanol–water partition coefficient (Wildman–Crippen LogP) is 4.70. The summed E-state index contributed by atoms with van der Waals surface area (Å²) in [5.74, 6) is 1.12. The van der Waals surface area contributed by atoms with Gasteiger partial charge < -0.3 is 4.74 Å². The Labute approximate surface area is 171 Å². The third-order valence-electron chi connectivity index (χ3n) is 7.00. The standard InChI is InChI=1S/C24H28FN3O/c1-17-5-7-21(11-22(17)25)29-16-24-9-3-4-20(24)14-28(15-24)13-18-6-8-23-19(10-18)12-26-27(23)2/h5-8,10-12,20H,3-4,9,13-16H2,1-2H3. The smallest absolute Gasteiger partial charge is 0.129 e. The summed E-state index contributed by atoms with van der Waals surface area (Å²) in [7, 11) is 1.98. The molecule has 2 fully saturated rings. The fourth-order valence-corrected chi connectivity index (χ4v) is 5.34. The molecule has 152 valence electrons.